The molecule has 3 aromatic rings. The van der Waals surface area contributed by atoms with Crippen LogP contribution >= 0.6 is 0 Å². The van der Waals surface area contributed by atoms with Crippen LogP contribution in [0, 0.1) is 25.7 Å². The second-order valence-corrected chi connectivity index (χ2v) is 8.39. The van der Waals surface area contributed by atoms with Crippen molar-refractivity contribution in [3.63, 3.8) is 0 Å². The first-order valence-electron chi connectivity index (χ1n) is 9.89. The summed E-state index contributed by atoms with van der Waals surface area (Å²) in [5.74, 6) is 1.83. The van der Waals surface area contributed by atoms with Gasteiger partial charge in [0.2, 0.25) is 0 Å². The summed E-state index contributed by atoms with van der Waals surface area (Å²) in [6.45, 7) is 6.91. The number of benzene rings is 1. The van der Waals surface area contributed by atoms with Crippen LogP contribution in [0.2, 0.25) is 0 Å². The highest BCUT2D eigenvalue weighted by Crippen LogP contribution is 2.50. The molecular formula is C23H26N2O2. The van der Waals surface area contributed by atoms with Gasteiger partial charge < -0.3 is 9.52 Å². The van der Waals surface area contributed by atoms with Crippen molar-refractivity contribution < 1.29 is 9.52 Å². The highest BCUT2D eigenvalue weighted by Gasteiger charge is 2.53. The monoisotopic (exact) mass is 362 g/mol. The first kappa shape index (κ1) is 17.0. The third kappa shape index (κ3) is 2.70. The summed E-state index contributed by atoms with van der Waals surface area (Å²) < 4.78 is 6.12. The van der Waals surface area contributed by atoms with Crippen molar-refractivity contribution >= 4 is 11.0 Å². The van der Waals surface area contributed by atoms with Gasteiger partial charge in [0.1, 0.15) is 16.9 Å². The molecule has 1 aliphatic heterocycles. The molecule has 2 aliphatic rings. The Bertz CT molecular complexity index is 978. The SMILES string of the molecule is Cc1ccc([C@]2(O)CC[C@H]3CN(Cc4oc5ccccc5c4C)C[C@H]32)nc1. The minimum atomic E-state index is -0.796. The van der Waals surface area contributed by atoms with Crippen molar-refractivity contribution in [3.05, 3.63) is 65.2 Å². The molecule has 1 saturated carbocycles. The molecule has 140 valence electrons. The zero-order valence-electron chi connectivity index (χ0n) is 16.0. The average Bonchev–Trinajstić information content (AvgIpc) is 3.31. The number of aliphatic hydroxyl groups is 1. The summed E-state index contributed by atoms with van der Waals surface area (Å²) in [5.41, 5.74) is 3.37. The number of furan rings is 1. The molecule has 1 aliphatic carbocycles. The highest BCUT2D eigenvalue weighted by molar-refractivity contribution is 5.81. The minimum absolute atomic E-state index is 0.248. The molecule has 3 heterocycles. The van der Waals surface area contributed by atoms with Crippen LogP contribution in [0.15, 0.2) is 47.0 Å². The Morgan fingerprint density at radius 1 is 1.19 bits per heavy atom. The third-order valence-corrected chi connectivity index (χ3v) is 6.69. The molecule has 0 amide bonds. The quantitative estimate of drug-likeness (QED) is 0.760. The molecule has 1 N–H and O–H groups in total. The minimum Gasteiger partial charge on any atom is -0.459 e. The number of aryl methyl sites for hydroxylation is 2. The maximum absolute atomic E-state index is 11.5. The van der Waals surface area contributed by atoms with Gasteiger partial charge in [-0.05, 0) is 55.9 Å². The highest BCUT2D eigenvalue weighted by atomic mass is 16.3. The molecule has 2 aromatic heterocycles. The molecule has 3 atom stereocenters. The molecule has 1 aromatic carbocycles. The van der Waals surface area contributed by atoms with Crippen LogP contribution in [0.1, 0.15) is 35.4 Å². The van der Waals surface area contributed by atoms with Crippen LogP contribution in [0.4, 0.5) is 0 Å². The topological polar surface area (TPSA) is 49.5 Å². The van der Waals surface area contributed by atoms with Gasteiger partial charge in [0.15, 0.2) is 0 Å². The van der Waals surface area contributed by atoms with Gasteiger partial charge in [-0.1, -0.05) is 24.3 Å². The summed E-state index contributed by atoms with van der Waals surface area (Å²) in [6, 6.07) is 12.3. The lowest BCUT2D eigenvalue weighted by atomic mass is 9.85. The lowest BCUT2D eigenvalue weighted by Gasteiger charge is -2.29. The second kappa shape index (κ2) is 6.18. The number of hydrogen-bond acceptors (Lipinski definition) is 4. The molecule has 4 heteroatoms. The fourth-order valence-electron chi connectivity index (χ4n) is 5.13. The normalized spacial score (nSPS) is 28.1. The predicted molar refractivity (Wildman–Crippen MR) is 105 cm³/mol. The van der Waals surface area contributed by atoms with E-state index in [9.17, 15) is 5.11 Å². The number of aromatic nitrogens is 1. The van der Waals surface area contributed by atoms with Gasteiger partial charge in [-0.2, -0.15) is 0 Å². The molecule has 2 fully saturated rings. The van der Waals surface area contributed by atoms with E-state index in [0.29, 0.717) is 5.92 Å². The van der Waals surface area contributed by atoms with Gasteiger partial charge in [-0.15, -0.1) is 0 Å². The van der Waals surface area contributed by atoms with Crippen molar-refractivity contribution in [1.29, 1.82) is 0 Å². The lowest BCUT2D eigenvalue weighted by molar-refractivity contribution is -0.0110. The van der Waals surface area contributed by atoms with Gasteiger partial charge in [0, 0.05) is 30.6 Å². The van der Waals surface area contributed by atoms with E-state index in [1.165, 1.54) is 10.9 Å². The Morgan fingerprint density at radius 2 is 2.04 bits per heavy atom. The second-order valence-electron chi connectivity index (χ2n) is 8.39. The van der Waals surface area contributed by atoms with E-state index in [1.54, 1.807) is 0 Å². The van der Waals surface area contributed by atoms with Crippen molar-refractivity contribution in [2.24, 2.45) is 11.8 Å². The molecule has 5 rings (SSSR count). The van der Waals surface area contributed by atoms with Crippen molar-refractivity contribution in [2.45, 2.75) is 38.8 Å². The van der Waals surface area contributed by atoms with E-state index < -0.39 is 5.60 Å². The fourth-order valence-corrected chi connectivity index (χ4v) is 5.13. The lowest BCUT2D eigenvalue weighted by Crippen LogP contribution is -2.35. The van der Waals surface area contributed by atoms with Crippen LogP contribution in [-0.4, -0.2) is 28.1 Å². The first-order chi connectivity index (χ1) is 13.0. The van der Waals surface area contributed by atoms with Gasteiger partial charge in [-0.3, -0.25) is 9.88 Å². The number of likely N-dealkylation sites (tertiary alicyclic amines) is 1. The maximum atomic E-state index is 11.5. The molecule has 1 saturated heterocycles. The molecule has 0 spiro atoms. The van der Waals surface area contributed by atoms with E-state index in [2.05, 4.69) is 35.0 Å². The fraction of sp³-hybridized carbons (Fsp3) is 0.435. The molecule has 0 radical (unpaired) electrons. The van der Waals surface area contributed by atoms with Crippen LogP contribution in [0.5, 0.6) is 0 Å². The largest absolute Gasteiger partial charge is 0.459 e. The van der Waals surface area contributed by atoms with Gasteiger partial charge in [-0.25, -0.2) is 0 Å². The Hall–Kier alpha value is -2.17. The summed E-state index contributed by atoms with van der Waals surface area (Å²) in [5, 5.41) is 12.7. The van der Waals surface area contributed by atoms with Crippen LogP contribution in [0.3, 0.4) is 0 Å². The number of fused-ring (bicyclic) bond motifs is 2. The number of hydrogen-bond donors (Lipinski definition) is 1. The molecular weight excluding hydrogens is 336 g/mol. The standard InChI is InChI=1S/C23H26N2O2/c1-15-7-8-22(24-11-15)23(26)10-9-17-12-25(13-19(17)23)14-21-16(2)18-5-3-4-6-20(18)27-21/h3-8,11,17,19,26H,9-10,12-14H2,1-2H3/t17-,19+,23-/m0/s1. The van der Waals surface area contributed by atoms with Crippen molar-refractivity contribution in [1.82, 2.24) is 9.88 Å². The molecule has 27 heavy (non-hydrogen) atoms. The number of pyridine rings is 1. The number of para-hydroxylation sites is 1. The van der Waals surface area contributed by atoms with E-state index in [0.717, 1.165) is 55.1 Å². The van der Waals surface area contributed by atoms with Crippen molar-refractivity contribution in [3.8, 4) is 0 Å². The Balaban J connectivity index is 1.37. The zero-order valence-corrected chi connectivity index (χ0v) is 16.0. The molecule has 0 bridgehead atoms. The predicted octanol–water partition coefficient (Wildman–Crippen LogP) is 4.17. The van der Waals surface area contributed by atoms with Crippen molar-refractivity contribution in [2.75, 3.05) is 13.1 Å². The smallest absolute Gasteiger partial charge is 0.134 e. The molecule has 0 unspecified atom stereocenters. The molecule has 4 nitrogen and oxygen atoms in total. The van der Waals surface area contributed by atoms with Gasteiger partial charge in [0.05, 0.1) is 12.2 Å². The Kier molecular flexibility index (Phi) is 3.88. The number of rotatable bonds is 3. The van der Waals surface area contributed by atoms with Crippen LogP contribution < -0.4 is 0 Å². The van der Waals surface area contributed by atoms with E-state index in [1.807, 2.05) is 31.3 Å². The summed E-state index contributed by atoms with van der Waals surface area (Å²) in [6.07, 6.45) is 3.74. The maximum Gasteiger partial charge on any atom is 0.134 e. The van der Waals surface area contributed by atoms with E-state index in [4.69, 9.17) is 4.42 Å². The van der Waals surface area contributed by atoms with E-state index >= 15 is 0 Å². The zero-order chi connectivity index (χ0) is 18.6. The Labute approximate surface area is 159 Å². The van der Waals surface area contributed by atoms with Crippen LogP contribution in [-0.2, 0) is 12.1 Å². The summed E-state index contributed by atoms with van der Waals surface area (Å²) >= 11 is 0. The number of nitrogens with zero attached hydrogens (tertiary/aromatic N) is 2. The average molecular weight is 362 g/mol. The van der Waals surface area contributed by atoms with Gasteiger partial charge >= 0.3 is 0 Å². The Morgan fingerprint density at radius 3 is 2.81 bits per heavy atom. The van der Waals surface area contributed by atoms with E-state index in [-0.39, 0.29) is 5.92 Å². The first-order valence-corrected chi connectivity index (χ1v) is 9.89. The van der Waals surface area contributed by atoms with Gasteiger partial charge in [0.25, 0.3) is 0 Å². The van der Waals surface area contributed by atoms with Crippen LogP contribution in [0.25, 0.3) is 11.0 Å². The summed E-state index contributed by atoms with van der Waals surface area (Å²) in [4.78, 5) is 7.00. The third-order valence-electron chi connectivity index (χ3n) is 6.69. The summed E-state index contributed by atoms with van der Waals surface area (Å²) in [7, 11) is 0.